The zero-order chi connectivity index (χ0) is 20.5. The summed E-state index contributed by atoms with van der Waals surface area (Å²) in [7, 11) is -4.00. The Kier molecular flexibility index (Phi) is 5.93. The maximum atomic E-state index is 13.8. The van der Waals surface area contributed by atoms with Crippen molar-refractivity contribution in [3.63, 3.8) is 0 Å². The van der Waals surface area contributed by atoms with Gasteiger partial charge in [-0.2, -0.15) is 0 Å². The summed E-state index contributed by atoms with van der Waals surface area (Å²) in [5.74, 6) is 2.31. The van der Waals surface area contributed by atoms with Gasteiger partial charge >= 0.3 is 0 Å². The van der Waals surface area contributed by atoms with Gasteiger partial charge in [-0.25, -0.2) is 0 Å². The topological polar surface area (TPSA) is 51.2 Å². The van der Waals surface area contributed by atoms with Crippen LogP contribution in [0.15, 0.2) is 24.3 Å². The number of rotatable bonds is 5. The molecule has 0 amide bonds. The molecule has 0 aliphatic rings. The third-order valence-corrected chi connectivity index (χ3v) is 7.14. The molecule has 140 valence electrons. The van der Waals surface area contributed by atoms with E-state index in [0.29, 0.717) is 33.4 Å². The van der Waals surface area contributed by atoms with Crippen LogP contribution in [0, 0.1) is 53.9 Å². The molecule has 0 bridgehead atoms. The van der Waals surface area contributed by atoms with Gasteiger partial charge in [-0.15, -0.1) is 6.42 Å². The molecule has 0 aliphatic heterocycles. The minimum absolute atomic E-state index is 0.343. The Morgan fingerprint density at radius 3 is 1.33 bits per heavy atom. The highest BCUT2D eigenvalue weighted by Crippen LogP contribution is 2.53. The van der Waals surface area contributed by atoms with E-state index in [4.69, 9.17) is 6.42 Å². The predicted octanol–water partition coefficient (Wildman–Crippen LogP) is 5.51. The van der Waals surface area contributed by atoms with Gasteiger partial charge in [0.25, 0.3) is 0 Å². The van der Waals surface area contributed by atoms with Crippen LogP contribution < -0.4 is 0 Å². The molecule has 0 saturated heterocycles. The number of carbonyl (C=O) groups is 2. The largest absolute Gasteiger partial charge is 0.306 e. The van der Waals surface area contributed by atoms with Gasteiger partial charge in [0.2, 0.25) is 18.2 Å². The maximum Gasteiger partial charge on any atom is 0.232 e. The fourth-order valence-corrected chi connectivity index (χ4v) is 5.92. The highest BCUT2D eigenvalue weighted by Gasteiger charge is 2.42. The molecular formula is C23H25O3P. The molecule has 0 N–H and O–H groups in total. The van der Waals surface area contributed by atoms with Gasteiger partial charge < -0.3 is 4.57 Å². The average molecular weight is 380 g/mol. The summed E-state index contributed by atoms with van der Waals surface area (Å²) in [6.07, 6.45) is 5.05. The molecule has 3 nitrogen and oxygen atoms in total. The first-order valence-corrected chi connectivity index (χ1v) is 10.7. The quantitative estimate of drug-likeness (QED) is 0.507. The Morgan fingerprint density at radius 2 is 1.07 bits per heavy atom. The summed E-state index contributed by atoms with van der Waals surface area (Å²) in [6.45, 7) is 11.0. The first-order valence-electron chi connectivity index (χ1n) is 8.81. The molecule has 0 aliphatic carbocycles. The Hall–Kier alpha value is -2.43. The monoisotopic (exact) mass is 380 g/mol. The van der Waals surface area contributed by atoms with E-state index in [2.05, 4.69) is 5.92 Å². The molecule has 0 heterocycles. The molecule has 4 heteroatoms. The molecule has 2 rings (SSSR count). The molecule has 0 radical (unpaired) electrons. The average Bonchev–Trinajstić information content (AvgIpc) is 2.52. The van der Waals surface area contributed by atoms with Gasteiger partial charge in [0.05, 0.1) is 6.16 Å². The van der Waals surface area contributed by atoms with E-state index >= 15 is 0 Å². The molecule has 0 saturated carbocycles. The second-order valence-electron chi connectivity index (χ2n) is 7.26. The number of benzene rings is 2. The van der Waals surface area contributed by atoms with Crippen molar-refractivity contribution < 1.29 is 14.2 Å². The van der Waals surface area contributed by atoms with E-state index in [0.717, 1.165) is 11.1 Å². The van der Waals surface area contributed by atoms with Gasteiger partial charge in [-0.05, 0) is 63.8 Å². The zero-order valence-electron chi connectivity index (χ0n) is 16.8. The molecule has 2 aromatic rings. The molecule has 0 aromatic heterocycles. The van der Waals surface area contributed by atoms with Crippen molar-refractivity contribution in [2.45, 2.75) is 41.5 Å². The normalized spacial score (nSPS) is 11.1. The van der Waals surface area contributed by atoms with Crippen molar-refractivity contribution in [2.75, 3.05) is 6.16 Å². The third-order valence-electron chi connectivity index (χ3n) is 4.75. The molecule has 0 unspecified atom stereocenters. The lowest BCUT2D eigenvalue weighted by Gasteiger charge is -2.19. The van der Waals surface area contributed by atoms with Crippen LogP contribution in [0.2, 0.25) is 0 Å². The Morgan fingerprint density at radius 1 is 0.778 bits per heavy atom. The lowest BCUT2D eigenvalue weighted by Crippen LogP contribution is -2.17. The number of hydrogen-bond donors (Lipinski definition) is 0. The summed E-state index contributed by atoms with van der Waals surface area (Å²) >= 11 is 0. The van der Waals surface area contributed by atoms with Crippen molar-refractivity contribution >= 4 is 18.2 Å². The number of hydrogen-bond acceptors (Lipinski definition) is 3. The molecule has 27 heavy (non-hydrogen) atoms. The van der Waals surface area contributed by atoms with Gasteiger partial charge in [-0.3, -0.25) is 9.59 Å². The van der Waals surface area contributed by atoms with Crippen LogP contribution in [-0.2, 0) is 4.57 Å². The standard InChI is InChI=1S/C23H25O3P/c1-8-9-27(26,22(24)20-16(4)10-14(2)11-17(20)5)23(25)21-18(6)12-15(3)13-19(21)7/h1,10-13H,9H2,2-7H3. The molecular weight excluding hydrogens is 355 g/mol. The van der Waals surface area contributed by atoms with Crippen LogP contribution in [0.25, 0.3) is 0 Å². The van der Waals surface area contributed by atoms with E-state index in [9.17, 15) is 14.2 Å². The van der Waals surface area contributed by atoms with Gasteiger partial charge in [0, 0.05) is 11.1 Å². The smallest absolute Gasteiger partial charge is 0.232 e. The van der Waals surface area contributed by atoms with E-state index in [1.807, 2.05) is 38.1 Å². The summed E-state index contributed by atoms with van der Waals surface area (Å²) in [5.41, 5.74) is 4.25. The lowest BCUT2D eigenvalue weighted by atomic mass is 10.0. The molecule has 0 spiro atoms. The molecule has 0 fully saturated rings. The van der Waals surface area contributed by atoms with Crippen molar-refractivity contribution in [3.05, 3.63) is 68.8 Å². The SMILES string of the molecule is C#CCP(=O)(C(=O)c1c(C)cc(C)cc1C)C(=O)c1c(C)cc(C)cc1C. The zero-order valence-corrected chi connectivity index (χ0v) is 17.7. The highest BCUT2D eigenvalue weighted by atomic mass is 31.2. The van der Waals surface area contributed by atoms with E-state index < -0.39 is 18.2 Å². The minimum Gasteiger partial charge on any atom is -0.306 e. The van der Waals surface area contributed by atoms with Crippen molar-refractivity contribution in [1.82, 2.24) is 0 Å². The Labute approximate surface area is 161 Å². The minimum atomic E-state index is -4.00. The summed E-state index contributed by atoms with van der Waals surface area (Å²) in [6, 6.07) is 7.42. The number of carbonyl (C=O) groups excluding carboxylic acids is 2. The van der Waals surface area contributed by atoms with Crippen LogP contribution in [0.3, 0.4) is 0 Å². The summed E-state index contributed by atoms with van der Waals surface area (Å²) in [5, 5.41) is 0. The van der Waals surface area contributed by atoms with Gasteiger partial charge in [-0.1, -0.05) is 41.3 Å². The van der Waals surface area contributed by atoms with Crippen molar-refractivity contribution in [1.29, 1.82) is 0 Å². The van der Waals surface area contributed by atoms with Gasteiger partial charge in [0.15, 0.2) is 0 Å². The van der Waals surface area contributed by atoms with E-state index in [1.165, 1.54) is 0 Å². The van der Waals surface area contributed by atoms with Crippen molar-refractivity contribution in [2.24, 2.45) is 0 Å². The van der Waals surface area contributed by atoms with Crippen LogP contribution in [0.4, 0.5) is 0 Å². The summed E-state index contributed by atoms with van der Waals surface area (Å²) < 4.78 is 13.8. The molecule has 0 atom stereocenters. The van der Waals surface area contributed by atoms with Crippen LogP contribution in [0.5, 0.6) is 0 Å². The highest BCUT2D eigenvalue weighted by molar-refractivity contribution is 7.95. The predicted molar refractivity (Wildman–Crippen MR) is 111 cm³/mol. The second kappa shape index (κ2) is 7.67. The van der Waals surface area contributed by atoms with Crippen LogP contribution >= 0.6 is 7.14 Å². The fourth-order valence-electron chi connectivity index (χ4n) is 3.76. The lowest BCUT2D eigenvalue weighted by molar-refractivity contribution is 0.103. The van der Waals surface area contributed by atoms with Gasteiger partial charge in [0.1, 0.15) is 0 Å². The number of aryl methyl sites for hydroxylation is 6. The first kappa shape index (κ1) is 20.9. The van der Waals surface area contributed by atoms with Crippen LogP contribution in [-0.4, -0.2) is 17.2 Å². The summed E-state index contributed by atoms with van der Waals surface area (Å²) in [4.78, 5) is 26.7. The fraction of sp³-hybridized carbons (Fsp3) is 0.304. The van der Waals surface area contributed by atoms with Crippen LogP contribution in [0.1, 0.15) is 54.1 Å². The van der Waals surface area contributed by atoms with E-state index in [-0.39, 0.29) is 6.16 Å². The van der Waals surface area contributed by atoms with E-state index in [1.54, 1.807) is 27.7 Å². The first-order chi connectivity index (χ1) is 12.5. The number of terminal acetylenes is 1. The third kappa shape index (κ3) is 3.82. The van der Waals surface area contributed by atoms with Crippen molar-refractivity contribution in [3.8, 4) is 12.3 Å². The molecule has 2 aromatic carbocycles. The maximum absolute atomic E-state index is 13.8. The second-order valence-corrected chi connectivity index (χ2v) is 9.87. The Balaban J connectivity index is 2.69. The Bertz CT molecular complexity index is 919.